The number of hydrogen-bond donors (Lipinski definition) is 1. The summed E-state index contributed by atoms with van der Waals surface area (Å²) in [6.45, 7) is 3.45. The summed E-state index contributed by atoms with van der Waals surface area (Å²) < 4.78 is 32.1. The van der Waals surface area contributed by atoms with Crippen molar-refractivity contribution in [1.82, 2.24) is 10.2 Å². The molecule has 140 valence electrons. The van der Waals surface area contributed by atoms with Gasteiger partial charge in [-0.2, -0.15) is 0 Å². The molecule has 1 aromatic rings. The molecule has 0 radical (unpaired) electrons. The maximum absolute atomic E-state index is 13.4. The third kappa shape index (κ3) is 5.36. The van der Waals surface area contributed by atoms with E-state index in [0.717, 1.165) is 44.5 Å². The van der Waals surface area contributed by atoms with Crippen molar-refractivity contribution in [1.29, 1.82) is 0 Å². The second-order valence-electron chi connectivity index (χ2n) is 6.60. The largest absolute Gasteiger partial charge is 0.370 e. The number of nitrogens with one attached hydrogen (secondary N) is 1. The highest BCUT2D eigenvalue weighted by Gasteiger charge is 2.26. The van der Waals surface area contributed by atoms with Crippen LogP contribution in [-0.4, -0.2) is 43.6 Å². The molecule has 0 saturated carbocycles. The highest BCUT2D eigenvalue weighted by molar-refractivity contribution is 5.85. The van der Waals surface area contributed by atoms with Gasteiger partial charge >= 0.3 is 0 Å². The van der Waals surface area contributed by atoms with Gasteiger partial charge in [-0.15, -0.1) is 12.4 Å². The number of carbonyl (C=O) groups excluding carboxylic acids is 1. The van der Waals surface area contributed by atoms with E-state index in [1.54, 1.807) is 4.90 Å². The van der Waals surface area contributed by atoms with Crippen LogP contribution in [0.5, 0.6) is 0 Å². The van der Waals surface area contributed by atoms with Crippen molar-refractivity contribution in [2.75, 3.05) is 32.8 Å². The molecule has 2 aliphatic rings. The minimum absolute atomic E-state index is 0. The zero-order valence-electron chi connectivity index (χ0n) is 14.2. The standard InChI is InChI=1S/C18H24F2N2O2.ClH/c19-15-3-2-14(11-16(15)20)17-12-22(9-10-24-17)18(23)4-1-13-5-7-21-8-6-13;/h2-3,11,13,17,21H,1,4-10,12H2;1H. The van der Waals surface area contributed by atoms with Gasteiger partial charge in [0.15, 0.2) is 11.6 Å². The number of nitrogens with zero attached hydrogens (tertiary/aromatic N) is 1. The van der Waals surface area contributed by atoms with E-state index >= 15 is 0 Å². The number of rotatable bonds is 4. The minimum Gasteiger partial charge on any atom is -0.370 e. The van der Waals surface area contributed by atoms with Crippen LogP contribution in [0, 0.1) is 17.6 Å². The molecule has 2 saturated heterocycles. The lowest BCUT2D eigenvalue weighted by molar-refractivity contribution is -0.139. The molecule has 2 heterocycles. The summed E-state index contributed by atoms with van der Waals surface area (Å²) in [6.07, 6.45) is 3.35. The van der Waals surface area contributed by atoms with Gasteiger partial charge in [0.1, 0.15) is 6.10 Å². The molecular formula is C18H25ClF2N2O2. The molecule has 2 aliphatic heterocycles. The minimum atomic E-state index is -0.884. The normalized spacial score (nSPS) is 21.7. The molecule has 1 atom stereocenters. The van der Waals surface area contributed by atoms with Gasteiger partial charge < -0.3 is 15.0 Å². The van der Waals surface area contributed by atoms with Crippen LogP contribution in [-0.2, 0) is 9.53 Å². The van der Waals surface area contributed by atoms with E-state index in [1.165, 1.54) is 6.07 Å². The maximum atomic E-state index is 13.4. The van der Waals surface area contributed by atoms with E-state index in [1.807, 2.05) is 0 Å². The Kier molecular flexibility index (Phi) is 7.59. The number of carbonyl (C=O) groups is 1. The highest BCUT2D eigenvalue weighted by Crippen LogP contribution is 2.25. The highest BCUT2D eigenvalue weighted by atomic mass is 35.5. The summed E-state index contributed by atoms with van der Waals surface area (Å²) in [6, 6.07) is 3.78. The molecule has 25 heavy (non-hydrogen) atoms. The molecule has 1 unspecified atom stereocenters. The third-order valence-corrected chi connectivity index (χ3v) is 4.96. The Morgan fingerprint density at radius 3 is 2.72 bits per heavy atom. The number of halogens is 3. The van der Waals surface area contributed by atoms with Crippen molar-refractivity contribution in [3.8, 4) is 0 Å². The fourth-order valence-corrected chi connectivity index (χ4v) is 3.45. The van der Waals surface area contributed by atoms with Crippen LogP contribution in [0.1, 0.15) is 37.4 Å². The molecule has 1 aromatic carbocycles. The third-order valence-electron chi connectivity index (χ3n) is 4.96. The zero-order valence-corrected chi connectivity index (χ0v) is 15.0. The number of piperidine rings is 1. The zero-order chi connectivity index (χ0) is 16.9. The predicted octanol–water partition coefficient (Wildman–Crippen LogP) is 3.07. The van der Waals surface area contributed by atoms with Crippen LogP contribution < -0.4 is 5.32 Å². The number of amides is 1. The second-order valence-corrected chi connectivity index (χ2v) is 6.60. The molecule has 0 aromatic heterocycles. The van der Waals surface area contributed by atoms with Gasteiger partial charge in [0.2, 0.25) is 5.91 Å². The molecule has 0 aliphatic carbocycles. The first-order chi connectivity index (χ1) is 11.6. The SMILES string of the molecule is Cl.O=C(CCC1CCNCC1)N1CCOC(c2ccc(F)c(F)c2)C1. The first-order valence-electron chi connectivity index (χ1n) is 8.68. The van der Waals surface area contributed by atoms with Crippen LogP contribution in [0.3, 0.4) is 0 Å². The molecule has 7 heteroatoms. The summed E-state index contributed by atoms with van der Waals surface area (Å²) in [5, 5.41) is 3.33. The fraction of sp³-hybridized carbons (Fsp3) is 0.611. The first-order valence-corrected chi connectivity index (χ1v) is 8.68. The molecule has 2 fully saturated rings. The summed E-state index contributed by atoms with van der Waals surface area (Å²) in [7, 11) is 0. The van der Waals surface area contributed by atoms with E-state index in [-0.39, 0.29) is 18.3 Å². The lowest BCUT2D eigenvalue weighted by Crippen LogP contribution is -2.42. The Balaban J connectivity index is 0.00000225. The molecule has 0 spiro atoms. The van der Waals surface area contributed by atoms with E-state index < -0.39 is 17.7 Å². The van der Waals surface area contributed by atoms with E-state index in [9.17, 15) is 13.6 Å². The lowest BCUT2D eigenvalue weighted by atomic mass is 9.93. The van der Waals surface area contributed by atoms with Crippen LogP contribution in [0.25, 0.3) is 0 Å². The second kappa shape index (κ2) is 9.46. The fourth-order valence-electron chi connectivity index (χ4n) is 3.45. The van der Waals surface area contributed by atoms with Gasteiger partial charge in [-0.1, -0.05) is 6.07 Å². The topological polar surface area (TPSA) is 41.6 Å². The van der Waals surface area contributed by atoms with Crippen LogP contribution in [0.15, 0.2) is 18.2 Å². The van der Waals surface area contributed by atoms with E-state index in [4.69, 9.17) is 4.74 Å². The molecule has 4 nitrogen and oxygen atoms in total. The van der Waals surface area contributed by atoms with Crippen LogP contribution >= 0.6 is 12.4 Å². The molecular weight excluding hydrogens is 350 g/mol. The Bertz CT molecular complexity index is 582. The average molecular weight is 375 g/mol. The monoisotopic (exact) mass is 374 g/mol. The van der Waals surface area contributed by atoms with Crippen molar-refractivity contribution in [3.05, 3.63) is 35.4 Å². The summed E-state index contributed by atoms with van der Waals surface area (Å²) in [4.78, 5) is 14.2. The first kappa shape index (κ1) is 20.1. The number of ether oxygens (including phenoxy) is 1. The lowest BCUT2D eigenvalue weighted by Gasteiger charge is -2.33. The molecule has 1 amide bonds. The number of benzene rings is 1. The van der Waals surface area contributed by atoms with Gasteiger partial charge in [0.05, 0.1) is 13.2 Å². The van der Waals surface area contributed by atoms with E-state index in [0.29, 0.717) is 37.6 Å². The van der Waals surface area contributed by atoms with E-state index in [2.05, 4.69) is 5.32 Å². The Hall–Kier alpha value is -1.24. The van der Waals surface area contributed by atoms with Crippen LogP contribution in [0.2, 0.25) is 0 Å². The summed E-state index contributed by atoms with van der Waals surface area (Å²) >= 11 is 0. The van der Waals surface area contributed by atoms with Gasteiger partial charge in [0, 0.05) is 13.0 Å². The Morgan fingerprint density at radius 2 is 2.00 bits per heavy atom. The summed E-state index contributed by atoms with van der Waals surface area (Å²) in [5.41, 5.74) is 0.574. The molecule has 1 N–H and O–H groups in total. The predicted molar refractivity (Wildman–Crippen MR) is 93.7 cm³/mol. The van der Waals surface area contributed by atoms with Crippen LogP contribution in [0.4, 0.5) is 8.78 Å². The van der Waals surface area contributed by atoms with Gasteiger partial charge in [-0.3, -0.25) is 4.79 Å². The van der Waals surface area contributed by atoms with Crippen molar-refractivity contribution in [2.24, 2.45) is 5.92 Å². The van der Waals surface area contributed by atoms with Gasteiger partial charge in [-0.05, 0) is 56.0 Å². The van der Waals surface area contributed by atoms with Gasteiger partial charge in [-0.25, -0.2) is 8.78 Å². The summed E-state index contributed by atoms with van der Waals surface area (Å²) in [5.74, 6) is -1.00. The maximum Gasteiger partial charge on any atom is 0.222 e. The average Bonchev–Trinajstić information content (AvgIpc) is 2.63. The smallest absolute Gasteiger partial charge is 0.222 e. The van der Waals surface area contributed by atoms with Crippen molar-refractivity contribution in [3.63, 3.8) is 0 Å². The Morgan fingerprint density at radius 1 is 1.24 bits per heavy atom. The molecule has 3 rings (SSSR count). The quantitative estimate of drug-likeness (QED) is 0.880. The van der Waals surface area contributed by atoms with Gasteiger partial charge in [0.25, 0.3) is 0 Å². The van der Waals surface area contributed by atoms with Crippen molar-refractivity contribution >= 4 is 18.3 Å². The number of morpholine rings is 1. The van der Waals surface area contributed by atoms with Crippen molar-refractivity contribution < 1.29 is 18.3 Å². The van der Waals surface area contributed by atoms with Crippen molar-refractivity contribution in [2.45, 2.75) is 31.8 Å². The Labute approximate surface area is 153 Å². The number of hydrogen-bond acceptors (Lipinski definition) is 3. The molecule has 0 bridgehead atoms.